The molecule has 5 nitrogen and oxygen atoms in total. The van der Waals surface area contributed by atoms with Gasteiger partial charge in [-0.2, -0.15) is 10.5 Å². The first-order valence-corrected chi connectivity index (χ1v) is 9.61. The maximum absolute atomic E-state index is 9.65. The van der Waals surface area contributed by atoms with Crippen molar-refractivity contribution in [1.29, 1.82) is 10.5 Å². The van der Waals surface area contributed by atoms with Crippen molar-refractivity contribution >= 4 is 17.2 Å². The minimum atomic E-state index is 0.223. The van der Waals surface area contributed by atoms with E-state index in [4.69, 9.17) is 4.98 Å². The van der Waals surface area contributed by atoms with E-state index in [2.05, 4.69) is 29.4 Å². The molecular weight excluding hydrogens is 330 g/mol. The van der Waals surface area contributed by atoms with Gasteiger partial charge in [0.25, 0.3) is 0 Å². The molecule has 1 N–H and O–H groups in total. The fourth-order valence-corrected chi connectivity index (χ4v) is 3.97. The van der Waals surface area contributed by atoms with Crippen molar-refractivity contribution in [1.82, 2.24) is 9.97 Å². The average Bonchev–Trinajstić information content (AvgIpc) is 3.14. The molecule has 0 amide bonds. The molecule has 2 aromatic rings. The van der Waals surface area contributed by atoms with Gasteiger partial charge in [0.2, 0.25) is 0 Å². The van der Waals surface area contributed by atoms with Gasteiger partial charge in [0.15, 0.2) is 0 Å². The van der Waals surface area contributed by atoms with E-state index in [0.29, 0.717) is 23.5 Å². The van der Waals surface area contributed by atoms with Crippen LogP contribution in [0, 0.1) is 22.7 Å². The van der Waals surface area contributed by atoms with Crippen LogP contribution in [0.1, 0.15) is 65.9 Å². The van der Waals surface area contributed by atoms with Gasteiger partial charge in [0.1, 0.15) is 23.5 Å². The second-order valence-electron chi connectivity index (χ2n) is 6.43. The fourth-order valence-electron chi connectivity index (χ4n) is 3.27. The lowest BCUT2D eigenvalue weighted by Crippen LogP contribution is -2.15. The van der Waals surface area contributed by atoms with Crippen LogP contribution < -0.4 is 5.32 Å². The molecule has 1 atom stereocenters. The van der Waals surface area contributed by atoms with Crippen LogP contribution in [0.4, 0.5) is 5.82 Å². The predicted octanol–water partition coefficient (Wildman–Crippen LogP) is 4.16. The van der Waals surface area contributed by atoms with Crippen molar-refractivity contribution in [2.24, 2.45) is 0 Å². The van der Waals surface area contributed by atoms with Crippen LogP contribution in [-0.4, -0.2) is 16.5 Å². The van der Waals surface area contributed by atoms with E-state index in [0.717, 1.165) is 41.9 Å². The van der Waals surface area contributed by atoms with E-state index < -0.39 is 0 Å². The minimum absolute atomic E-state index is 0.223. The molecule has 1 aliphatic carbocycles. The topological polar surface area (TPSA) is 85.4 Å². The summed E-state index contributed by atoms with van der Waals surface area (Å²) in [4.78, 5) is 9.08. The number of nitrogens with one attached hydrogen (secondary N) is 1. The second kappa shape index (κ2) is 8.09. The Morgan fingerprint density at radius 3 is 2.60 bits per heavy atom. The number of hydrogen-bond acceptors (Lipinski definition) is 6. The van der Waals surface area contributed by atoms with Gasteiger partial charge >= 0.3 is 0 Å². The highest BCUT2D eigenvalue weighted by atomic mass is 32.1. The van der Waals surface area contributed by atoms with E-state index in [-0.39, 0.29) is 5.92 Å². The number of aromatic nitrogens is 2. The summed E-state index contributed by atoms with van der Waals surface area (Å²) in [6.07, 6.45) is 8.05. The molecule has 6 heteroatoms. The Kier molecular flexibility index (Phi) is 5.63. The Hall–Kier alpha value is -2.44. The number of anilines is 1. The van der Waals surface area contributed by atoms with Gasteiger partial charge in [0.05, 0.1) is 10.6 Å². The van der Waals surface area contributed by atoms with Crippen molar-refractivity contribution in [3.8, 4) is 12.1 Å². The Bertz CT molecular complexity index is 814. The lowest BCUT2D eigenvalue weighted by molar-refractivity contribution is 0.608. The minimum Gasteiger partial charge on any atom is -0.368 e. The molecule has 0 bridgehead atoms. The van der Waals surface area contributed by atoms with Crippen LogP contribution >= 0.6 is 11.3 Å². The average molecular weight is 351 g/mol. The Morgan fingerprint density at radius 2 is 1.92 bits per heavy atom. The first-order chi connectivity index (χ1) is 12.2. The zero-order valence-electron chi connectivity index (χ0n) is 14.4. The number of rotatable bonds is 4. The third kappa shape index (κ3) is 3.81. The van der Waals surface area contributed by atoms with Gasteiger partial charge in [0, 0.05) is 29.7 Å². The van der Waals surface area contributed by atoms with Crippen LogP contribution in [0.2, 0.25) is 0 Å². The highest BCUT2D eigenvalue weighted by Crippen LogP contribution is 2.28. The number of hydrogen-bond donors (Lipinski definition) is 1. The molecule has 0 aliphatic heterocycles. The van der Waals surface area contributed by atoms with Crippen molar-refractivity contribution in [3.63, 3.8) is 0 Å². The molecule has 0 fully saturated rings. The summed E-state index contributed by atoms with van der Waals surface area (Å²) >= 11 is 1.62. The zero-order valence-corrected chi connectivity index (χ0v) is 15.2. The van der Waals surface area contributed by atoms with E-state index >= 15 is 0 Å². The molecule has 1 aliphatic rings. The van der Waals surface area contributed by atoms with Crippen molar-refractivity contribution < 1.29 is 0 Å². The number of pyridine rings is 1. The second-order valence-corrected chi connectivity index (χ2v) is 7.35. The molecule has 2 aromatic heterocycles. The molecule has 0 radical (unpaired) electrons. The number of nitriles is 2. The molecule has 0 saturated heterocycles. The van der Waals surface area contributed by atoms with E-state index in [1.165, 1.54) is 12.8 Å². The molecule has 0 saturated carbocycles. The third-order valence-electron chi connectivity index (χ3n) is 4.65. The molecule has 2 heterocycles. The van der Waals surface area contributed by atoms with Gasteiger partial charge < -0.3 is 5.32 Å². The fraction of sp³-hybridized carbons (Fsp3) is 0.474. The van der Waals surface area contributed by atoms with E-state index in [9.17, 15) is 10.5 Å². The van der Waals surface area contributed by atoms with Crippen LogP contribution in [0.15, 0.2) is 11.6 Å². The number of thiazole rings is 1. The lowest BCUT2D eigenvalue weighted by Gasteiger charge is -2.19. The van der Waals surface area contributed by atoms with Crippen molar-refractivity contribution in [2.45, 2.75) is 51.4 Å². The molecule has 1 unspecified atom stereocenters. The third-order valence-corrected chi connectivity index (χ3v) is 5.65. The molecule has 0 aromatic carbocycles. The highest BCUT2D eigenvalue weighted by molar-refractivity contribution is 7.09. The standard InChI is InChI=1S/C19H21N5S/c1-13(19-22-8-9-25-19)12-23-18-16(11-21)15(10-20)14-6-4-2-3-5-7-17(14)24-18/h8-9,13H,2-7,12H2,1H3,(H,23,24). The SMILES string of the molecule is CC(CNc1nc2c(c(C#N)c1C#N)CCCCCC2)c1nccs1. The quantitative estimate of drug-likeness (QED) is 0.894. The summed E-state index contributed by atoms with van der Waals surface area (Å²) in [5.41, 5.74) is 2.86. The Morgan fingerprint density at radius 1 is 1.16 bits per heavy atom. The lowest BCUT2D eigenvalue weighted by atomic mass is 9.91. The first-order valence-electron chi connectivity index (χ1n) is 8.73. The number of nitrogens with zero attached hydrogens (tertiary/aromatic N) is 4. The summed E-state index contributed by atoms with van der Waals surface area (Å²) in [5, 5.41) is 25.6. The summed E-state index contributed by atoms with van der Waals surface area (Å²) < 4.78 is 0. The van der Waals surface area contributed by atoms with Gasteiger partial charge in [-0.05, 0) is 31.2 Å². The van der Waals surface area contributed by atoms with Gasteiger partial charge in [-0.3, -0.25) is 0 Å². The largest absolute Gasteiger partial charge is 0.368 e. The number of aryl methyl sites for hydroxylation is 1. The predicted molar refractivity (Wildman–Crippen MR) is 98.6 cm³/mol. The van der Waals surface area contributed by atoms with Gasteiger partial charge in [-0.15, -0.1) is 11.3 Å². The Balaban J connectivity index is 1.91. The molecule has 3 rings (SSSR count). The normalized spacial score (nSPS) is 15.2. The molecular formula is C19H21N5S. The summed E-state index contributed by atoms with van der Waals surface area (Å²) in [5.74, 6) is 0.766. The zero-order chi connectivity index (χ0) is 17.6. The maximum Gasteiger partial charge on any atom is 0.145 e. The van der Waals surface area contributed by atoms with Crippen LogP contribution in [0.25, 0.3) is 0 Å². The van der Waals surface area contributed by atoms with Crippen molar-refractivity contribution in [2.75, 3.05) is 11.9 Å². The summed E-state index contributed by atoms with van der Waals surface area (Å²) in [6.45, 7) is 2.73. The van der Waals surface area contributed by atoms with E-state index in [1.54, 1.807) is 17.5 Å². The summed E-state index contributed by atoms with van der Waals surface area (Å²) in [7, 11) is 0. The molecule has 0 spiro atoms. The maximum atomic E-state index is 9.65. The monoisotopic (exact) mass is 351 g/mol. The number of fused-ring (bicyclic) bond motifs is 1. The van der Waals surface area contributed by atoms with Crippen LogP contribution in [-0.2, 0) is 12.8 Å². The molecule has 128 valence electrons. The Labute approximate surface area is 152 Å². The first kappa shape index (κ1) is 17.4. The van der Waals surface area contributed by atoms with Crippen molar-refractivity contribution in [3.05, 3.63) is 39.0 Å². The van der Waals surface area contributed by atoms with Crippen LogP contribution in [0.5, 0.6) is 0 Å². The molecule has 25 heavy (non-hydrogen) atoms. The van der Waals surface area contributed by atoms with Crippen LogP contribution in [0.3, 0.4) is 0 Å². The summed E-state index contributed by atoms with van der Waals surface area (Å²) in [6, 6.07) is 4.46. The smallest absolute Gasteiger partial charge is 0.145 e. The highest BCUT2D eigenvalue weighted by Gasteiger charge is 2.21. The van der Waals surface area contributed by atoms with Gasteiger partial charge in [-0.25, -0.2) is 9.97 Å². The van der Waals surface area contributed by atoms with E-state index in [1.807, 2.05) is 5.38 Å². The van der Waals surface area contributed by atoms with Gasteiger partial charge in [-0.1, -0.05) is 19.8 Å².